The molecule has 2 heteroatoms. The van der Waals surface area contributed by atoms with Crippen LogP contribution in [0.25, 0.3) is 10.8 Å². The standard InChI is InChI=1S/C11H11NO/c12-7-8-5-6-11(13)10-4-2-1-3-9(8)10/h1-6,13H,7,12H2. The number of hydrogen-bond donors (Lipinski definition) is 2. The van der Waals surface area contributed by atoms with E-state index in [-0.39, 0.29) is 0 Å². The molecule has 0 saturated carbocycles. The molecule has 0 fully saturated rings. The van der Waals surface area contributed by atoms with E-state index in [1.54, 1.807) is 6.07 Å². The minimum absolute atomic E-state index is 0.313. The Bertz CT molecular complexity index is 437. The third-order valence-corrected chi connectivity index (χ3v) is 2.21. The van der Waals surface area contributed by atoms with Crippen molar-refractivity contribution in [2.24, 2.45) is 5.73 Å². The number of benzene rings is 2. The molecule has 0 unspecified atom stereocenters. The smallest absolute Gasteiger partial charge is 0.123 e. The van der Waals surface area contributed by atoms with E-state index in [0.29, 0.717) is 12.3 Å². The lowest BCUT2D eigenvalue weighted by Gasteiger charge is -2.05. The number of rotatable bonds is 1. The van der Waals surface area contributed by atoms with Crippen molar-refractivity contribution >= 4 is 10.8 Å². The van der Waals surface area contributed by atoms with E-state index in [9.17, 15) is 5.11 Å². The van der Waals surface area contributed by atoms with Gasteiger partial charge in [0, 0.05) is 11.9 Å². The summed E-state index contributed by atoms with van der Waals surface area (Å²) in [7, 11) is 0. The number of phenols is 1. The zero-order valence-electron chi connectivity index (χ0n) is 7.20. The van der Waals surface area contributed by atoms with E-state index in [4.69, 9.17) is 5.73 Å². The highest BCUT2D eigenvalue weighted by molar-refractivity contribution is 5.90. The Labute approximate surface area is 76.6 Å². The van der Waals surface area contributed by atoms with Crippen molar-refractivity contribution in [2.75, 3.05) is 0 Å². The number of fused-ring (bicyclic) bond motifs is 1. The molecule has 0 aliphatic carbocycles. The lowest BCUT2D eigenvalue weighted by Crippen LogP contribution is -1.96. The summed E-state index contributed by atoms with van der Waals surface area (Å²) < 4.78 is 0. The first kappa shape index (κ1) is 8.08. The van der Waals surface area contributed by atoms with Crippen LogP contribution in [0.4, 0.5) is 0 Å². The highest BCUT2D eigenvalue weighted by Crippen LogP contribution is 2.26. The average molecular weight is 173 g/mol. The summed E-state index contributed by atoms with van der Waals surface area (Å²) in [4.78, 5) is 0. The summed E-state index contributed by atoms with van der Waals surface area (Å²) in [5.41, 5.74) is 6.65. The molecular weight excluding hydrogens is 162 g/mol. The van der Waals surface area contributed by atoms with Crippen molar-refractivity contribution < 1.29 is 5.11 Å². The third kappa shape index (κ3) is 1.25. The summed E-state index contributed by atoms with van der Waals surface area (Å²) in [5.74, 6) is 0.313. The van der Waals surface area contributed by atoms with Crippen LogP contribution in [0.5, 0.6) is 5.75 Å². The Morgan fingerprint density at radius 2 is 1.69 bits per heavy atom. The van der Waals surface area contributed by atoms with Crippen LogP contribution < -0.4 is 5.73 Å². The maximum atomic E-state index is 9.55. The summed E-state index contributed by atoms with van der Waals surface area (Å²) >= 11 is 0. The van der Waals surface area contributed by atoms with Crippen LogP contribution in [0.3, 0.4) is 0 Å². The molecule has 0 heterocycles. The van der Waals surface area contributed by atoms with Gasteiger partial charge in [0.05, 0.1) is 0 Å². The quantitative estimate of drug-likeness (QED) is 0.692. The van der Waals surface area contributed by atoms with E-state index < -0.39 is 0 Å². The predicted octanol–water partition coefficient (Wildman–Crippen LogP) is 2.00. The number of hydrogen-bond acceptors (Lipinski definition) is 2. The molecule has 0 atom stereocenters. The minimum Gasteiger partial charge on any atom is -0.507 e. The summed E-state index contributed by atoms with van der Waals surface area (Å²) in [6.07, 6.45) is 0. The van der Waals surface area contributed by atoms with Crippen molar-refractivity contribution in [1.82, 2.24) is 0 Å². The second-order valence-corrected chi connectivity index (χ2v) is 2.99. The fraction of sp³-hybridized carbons (Fsp3) is 0.0909. The molecule has 2 rings (SSSR count). The Morgan fingerprint density at radius 1 is 1.00 bits per heavy atom. The van der Waals surface area contributed by atoms with Crippen LogP contribution in [0, 0.1) is 0 Å². The molecule has 0 aromatic heterocycles. The van der Waals surface area contributed by atoms with E-state index in [0.717, 1.165) is 16.3 Å². The van der Waals surface area contributed by atoms with E-state index >= 15 is 0 Å². The molecule has 0 aliphatic rings. The van der Waals surface area contributed by atoms with Crippen molar-refractivity contribution in [3.8, 4) is 5.75 Å². The van der Waals surface area contributed by atoms with Gasteiger partial charge in [0.25, 0.3) is 0 Å². The Balaban J connectivity index is 2.84. The van der Waals surface area contributed by atoms with Gasteiger partial charge in [-0.1, -0.05) is 30.3 Å². The van der Waals surface area contributed by atoms with E-state index in [1.807, 2.05) is 30.3 Å². The van der Waals surface area contributed by atoms with Gasteiger partial charge in [-0.15, -0.1) is 0 Å². The van der Waals surface area contributed by atoms with Crippen LogP contribution >= 0.6 is 0 Å². The first-order valence-electron chi connectivity index (χ1n) is 4.22. The third-order valence-electron chi connectivity index (χ3n) is 2.21. The van der Waals surface area contributed by atoms with Crippen molar-refractivity contribution in [1.29, 1.82) is 0 Å². The maximum Gasteiger partial charge on any atom is 0.123 e. The number of phenolic OH excluding ortho intramolecular Hbond substituents is 1. The fourth-order valence-corrected chi connectivity index (χ4v) is 1.52. The van der Waals surface area contributed by atoms with Gasteiger partial charge in [-0.3, -0.25) is 0 Å². The molecule has 2 aromatic carbocycles. The first-order valence-corrected chi connectivity index (χ1v) is 4.22. The monoisotopic (exact) mass is 173 g/mol. The Hall–Kier alpha value is -1.54. The van der Waals surface area contributed by atoms with E-state index in [1.165, 1.54) is 0 Å². The molecule has 13 heavy (non-hydrogen) atoms. The molecule has 0 amide bonds. The molecule has 66 valence electrons. The van der Waals surface area contributed by atoms with Crippen LogP contribution in [0.2, 0.25) is 0 Å². The van der Waals surface area contributed by atoms with Gasteiger partial charge in [0.1, 0.15) is 5.75 Å². The molecule has 0 spiro atoms. The van der Waals surface area contributed by atoms with Crippen molar-refractivity contribution in [3.63, 3.8) is 0 Å². The highest BCUT2D eigenvalue weighted by Gasteiger charge is 2.01. The van der Waals surface area contributed by atoms with Gasteiger partial charge >= 0.3 is 0 Å². The average Bonchev–Trinajstić information content (AvgIpc) is 2.19. The number of aromatic hydroxyl groups is 1. The first-order chi connectivity index (χ1) is 6.33. The fourth-order valence-electron chi connectivity index (χ4n) is 1.52. The lowest BCUT2D eigenvalue weighted by molar-refractivity contribution is 0.481. The van der Waals surface area contributed by atoms with Gasteiger partial charge < -0.3 is 10.8 Å². The summed E-state index contributed by atoms with van der Waals surface area (Å²) in [6.45, 7) is 0.501. The molecule has 2 nitrogen and oxygen atoms in total. The summed E-state index contributed by atoms with van der Waals surface area (Å²) in [5, 5.41) is 11.4. The second kappa shape index (κ2) is 3.07. The molecule has 3 N–H and O–H groups in total. The second-order valence-electron chi connectivity index (χ2n) is 2.99. The molecule has 2 aromatic rings. The summed E-state index contributed by atoms with van der Waals surface area (Å²) in [6, 6.07) is 11.3. The van der Waals surface area contributed by atoms with Crippen molar-refractivity contribution in [3.05, 3.63) is 42.0 Å². The minimum atomic E-state index is 0.313. The molecule has 0 bridgehead atoms. The SMILES string of the molecule is NCc1ccc(O)c2ccccc12. The highest BCUT2D eigenvalue weighted by atomic mass is 16.3. The van der Waals surface area contributed by atoms with Crippen LogP contribution in [-0.4, -0.2) is 5.11 Å². The molecule has 0 saturated heterocycles. The van der Waals surface area contributed by atoms with Crippen LogP contribution in [0.1, 0.15) is 5.56 Å². The zero-order valence-corrected chi connectivity index (χ0v) is 7.20. The molecule has 0 radical (unpaired) electrons. The Morgan fingerprint density at radius 3 is 2.38 bits per heavy atom. The molecular formula is C11H11NO. The topological polar surface area (TPSA) is 46.2 Å². The van der Waals surface area contributed by atoms with Crippen molar-refractivity contribution in [2.45, 2.75) is 6.54 Å². The lowest BCUT2D eigenvalue weighted by atomic mass is 10.0. The zero-order chi connectivity index (χ0) is 9.26. The Kier molecular flexibility index (Phi) is 1.91. The van der Waals surface area contributed by atoms with Gasteiger partial charge in [0.2, 0.25) is 0 Å². The predicted molar refractivity (Wildman–Crippen MR) is 53.5 cm³/mol. The maximum absolute atomic E-state index is 9.55. The normalized spacial score (nSPS) is 10.5. The van der Waals surface area contributed by atoms with Gasteiger partial charge in [-0.25, -0.2) is 0 Å². The van der Waals surface area contributed by atoms with Gasteiger partial charge in [0.15, 0.2) is 0 Å². The van der Waals surface area contributed by atoms with Crippen LogP contribution in [-0.2, 0) is 6.54 Å². The van der Waals surface area contributed by atoms with Crippen LogP contribution in [0.15, 0.2) is 36.4 Å². The van der Waals surface area contributed by atoms with Gasteiger partial charge in [-0.05, 0) is 17.0 Å². The number of nitrogens with two attached hydrogens (primary N) is 1. The van der Waals surface area contributed by atoms with Gasteiger partial charge in [-0.2, -0.15) is 0 Å². The largest absolute Gasteiger partial charge is 0.507 e. The molecule has 0 aliphatic heterocycles. The van der Waals surface area contributed by atoms with E-state index in [2.05, 4.69) is 0 Å².